The summed E-state index contributed by atoms with van der Waals surface area (Å²) in [4.78, 5) is 4.12. The molecule has 1 aromatic heterocycles. The lowest BCUT2D eigenvalue weighted by Gasteiger charge is -2.19. The maximum absolute atomic E-state index is 5.97. The first-order chi connectivity index (χ1) is 9.52. The van der Waals surface area contributed by atoms with E-state index in [4.69, 9.17) is 11.6 Å². The molecule has 0 saturated carbocycles. The van der Waals surface area contributed by atoms with Crippen LogP contribution < -0.4 is 17.0 Å². The summed E-state index contributed by atoms with van der Waals surface area (Å²) in [6, 6.07) is 6.08. The lowest BCUT2D eigenvalue weighted by Crippen LogP contribution is -2.30. The lowest BCUT2D eigenvalue weighted by molar-refractivity contribution is 0.551. The van der Waals surface area contributed by atoms with Crippen molar-refractivity contribution < 1.29 is 0 Å². The van der Waals surface area contributed by atoms with E-state index in [9.17, 15) is 0 Å². The highest BCUT2D eigenvalue weighted by Gasteiger charge is 2.14. The molecule has 0 spiro atoms. The molecule has 2 aromatic rings. The van der Waals surface area contributed by atoms with E-state index in [0.29, 0.717) is 6.42 Å². The van der Waals surface area contributed by atoms with Crippen LogP contribution in [0.3, 0.4) is 0 Å². The van der Waals surface area contributed by atoms with Crippen molar-refractivity contribution in [3.63, 3.8) is 0 Å². The Labute approximate surface area is 127 Å². The van der Waals surface area contributed by atoms with Gasteiger partial charge in [0.2, 0.25) is 0 Å². The zero-order chi connectivity index (χ0) is 14.7. The van der Waals surface area contributed by atoms with Crippen molar-refractivity contribution in [1.29, 1.82) is 0 Å². The Morgan fingerprint density at radius 2 is 1.95 bits per heavy atom. The third-order valence-corrected chi connectivity index (χ3v) is 4.68. The van der Waals surface area contributed by atoms with Gasteiger partial charge in [-0.1, -0.05) is 28.1 Å². The topological polar surface area (TPSA) is 77.0 Å². The molecule has 0 radical (unpaired) electrons. The molecule has 0 aliphatic carbocycles. The maximum Gasteiger partial charge on any atom is 0.0501 e. The minimum absolute atomic E-state index is 0.00648. The average molecular weight is 335 g/mol. The molecule has 1 aromatic carbocycles. The van der Waals surface area contributed by atoms with Crippen LogP contribution in [0.5, 0.6) is 0 Å². The van der Waals surface area contributed by atoms with Crippen LogP contribution in [0.2, 0.25) is 0 Å². The van der Waals surface area contributed by atoms with Crippen LogP contribution in [0.15, 0.2) is 35.1 Å². The third kappa shape index (κ3) is 3.17. The molecule has 4 nitrogen and oxygen atoms in total. The number of anilines is 1. The highest BCUT2D eigenvalue weighted by atomic mass is 79.9. The van der Waals surface area contributed by atoms with Gasteiger partial charge in [-0.05, 0) is 48.6 Å². The highest BCUT2D eigenvalue weighted by molar-refractivity contribution is 9.10. The van der Waals surface area contributed by atoms with Crippen molar-refractivity contribution in [2.24, 2.45) is 5.84 Å². The average Bonchev–Trinajstić information content (AvgIpc) is 2.43. The van der Waals surface area contributed by atoms with E-state index < -0.39 is 0 Å². The van der Waals surface area contributed by atoms with Gasteiger partial charge in [-0.3, -0.25) is 16.3 Å². The predicted octanol–water partition coefficient (Wildman–Crippen LogP) is 2.79. The summed E-state index contributed by atoms with van der Waals surface area (Å²) >= 11 is 3.58. The fourth-order valence-corrected chi connectivity index (χ4v) is 2.51. The van der Waals surface area contributed by atoms with Crippen molar-refractivity contribution in [3.8, 4) is 0 Å². The number of aryl methyl sites for hydroxylation is 2. The second-order valence-corrected chi connectivity index (χ2v) is 5.76. The van der Waals surface area contributed by atoms with Crippen LogP contribution in [0, 0.1) is 13.8 Å². The van der Waals surface area contributed by atoms with Crippen LogP contribution in [0.25, 0.3) is 0 Å². The van der Waals surface area contributed by atoms with E-state index in [-0.39, 0.29) is 6.04 Å². The third-order valence-electron chi connectivity index (χ3n) is 3.43. The molecular formula is C15H19BrN4. The van der Waals surface area contributed by atoms with E-state index in [1.165, 1.54) is 11.1 Å². The largest absolute Gasteiger partial charge is 0.398 e. The molecule has 0 bridgehead atoms. The quantitative estimate of drug-likeness (QED) is 0.593. The molecule has 106 valence electrons. The number of halogens is 1. The van der Waals surface area contributed by atoms with Gasteiger partial charge in [-0.15, -0.1) is 0 Å². The fourth-order valence-electron chi connectivity index (χ4n) is 2.28. The zero-order valence-electron chi connectivity index (χ0n) is 11.7. The van der Waals surface area contributed by atoms with Gasteiger partial charge in [0.15, 0.2) is 0 Å². The van der Waals surface area contributed by atoms with Crippen LogP contribution in [0.4, 0.5) is 5.69 Å². The van der Waals surface area contributed by atoms with Crippen molar-refractivity contribution in [2.45, 2.75) is 26.3 Å². The highest BCUT2D eigenvalue weighted by Crippen LogP contribution is 2.27. The summed E-state index contributed by atoms with van der Waals surface area (Å²) in [5.74, 6) is 5.72. The lowest BCUT2D eigenvalue weighted by atomic mass is 9.96. The van der Waals surface area contributed by atoms with Crippen molar-refractivity contribution in [1.82, 2.24) is 10.4 Å². The van der Waals surface area contributed by atoms with Gasteiger partial charge in [0.25, 0.3) is 0 Å². The molecule has 2 rings (SSSR count). The maximum atomic E-state index is 5.97. The molecule has 20 heavy (non-hydrogen) atoms. The molecule has 1 unspecified atom stereocenters. The molecule has 0 aliphatic rings. The Morgan fingerprint density at radius 1 is 1.30 bits per heavy atom. The molecular weight excluding hydrogens is 316 g/mol. The first-order valence-electron chi connectivity index (χ1n) is 6.44. The van der Waals surface area contributed by atoms with Crippen LogP contribution in [-0.4, -0.2) is 4.98 Å². The first-order valence-corrected chi connectivity index (χ1v) is 7.23. The summed E-state index contributed by atoms with van der Waals surface area (Å²) in [5, 5.41) is 0. The number of nitrogens with zero attached hydrogens (tertiary/aromatic N) is 1. The standard InChI is InChI=1S/C15H19BrN4/c1-9-5-11(6-10(2)15(9)16)14(20-18)7-12-8-19-4-3-13(12)17/h3-6,8,14,20H,7,18H2,1-2H3,(H2,17,19). The Morgan fingerprint density at radius 3 is 2.50 bits per heavy atom. The molecule has 1 atom stereocenters. The number of hydrogen-bond acceptors (Lipinski definition) is 4. The molecule has 0 fully saturated rings. The fraction of sp³-hybridized carbons (Fsp3) is 0.267. The van der Waals surface area contributed by atoms with Crippen molar-refractivity contribution in [3.05, 3.63) is 57.3 Å². The number of nitrogens with two attached hydrogens (primary N) is 2. The number of hydrogen-bond donors (Lipinski definition) is 3. The predicted molar refractivity (Wildman–Crippen MR) is 86.0 cm³/mol. The molecule has 1 heterocycles. The minimum atomic E-state index is 0.00648. The number of nitrogen functional groups attached to an aromatic ring is 1. The minimum Gasteiger partial charge on any atom is -0.398 e. The molecule has 0 saturated heterocycles. The number of nitrogens with one attached hydrogen (secondary N) is 1. The molecule has 0 aliphatic heterocycles. The number of rotatable bonds is 4. The summed E-state index contributed by atoms with van der Waals surface area (Å²) < 4.78 is 1.14. The summed E-state index contributed by atoms with van der Waals surface area (Å²) in [7, 11) is 0. The van der Waals surface area contributed by atoms with Crippen molar-refractivity contribution in [2.75, 3.05) is 5.73 Å². The molecule has 5 N–H and O–H groups in total. The Balaban J connectivity index is 2.31. The summed E-state index contributed by atoms with van der Waals surface area (Å²) in [5.41, 5.74) is 14.1. The van der Waals surface area contributed by atoms with Crippen molar-refractivity contribution >= 4 is 21.6 Å². The van der Waals surface area contributed by atoms with Gasteiger partial charge < -0.3 is 5.73 Å². The van der Waals surface area contributed by atoms with E-state index in [0.717, 1.165) is 21.3 Å². The van der Waals surface area contributed by atoms with E-state index >= 15 is 0 Å². The second kappa shape index (κ2) is 6.35. The molecule has 5 heteroatoms. The number of hydrazine groups is 1. The van der Waals surface area contributed by atoms with Crippen LogP contribution in [0.1, 0.15) is 28.3 Å². The van der Waals surface area contributed by atoms with Gasteiger partial charge in [0, 0.05) is 22.6 Å². The smallest absolute Gasteiger partial charge is 0.0501 e. The Kier molecular flexibility index (Phi) is 4.75. The van der Waals surface area contributed by atoms with Gasteiger partial charge >= 0.3 is 0 Å². The first kappa shape index (κ1) is 15.0. The number of aromatic nitrogens is 1. The van der Waals surface area contributed by atoms with Crippen LogP contribution >= 0.6 is 15.9 Å². The second-order valence-electron chi connectivity index (χ2n) is 4.97. The van der Waals surface area contributed by atoms with E-state index in [1.807, 2.05) is 0 Å². The normalized spacial score (nSPS) is 12.4. The van der Waals surface area contributed by atoms with Gasteiger partial charge in [0.1, 0.15) is 0 Å². The van der Waals surface area contributed by atoms with Gasteiger partial charge in [-0.25, -0.2) is 0 Å². The number of pyridine rings is 1. The monoisotopic (exact) mass is 334 g/mol. The summed E-state index contributed by atoms with van der Waals surface area (Å²) in [6.45, 7) is 4.15. The van der Waals surface area contributed by atoms with Crippen LogP contribution in [-0.2, 0) is 6.42 Å². The van der Waals surface area contributed by atoms with E-state index in [2.05, 4.69) is 52.3 Å². The van der Waals surface area contributed by atoms with E-state index in [1.54, 1.807) is 18.5 Å². The zero-order valence-corrected chi connectivity index (χ0v) is 13.2. The molecule has 0 amide bonds. The van der Waals surface area contributed by atoms with Gasteiger partial charge in [0.05, 0.1) is 6.04 Å². The summed E-state index contributed by atoms with van der Waals surface area (Å²) in [6.07, 6.45) is 4.19. The number of benzene rings is 1. The Bertz CT molecular complexity index is 590. The SMILES string of the molecule is Cc1cc(C(Cc2cnccc2N)NN)cc(C)c1Br. The Hall–Kier alpha value is -1.43. The van der Waals surface area contributed by atoms with Gasteiger partial charge in [-0.2, -0.15) is 0 Å².